The zero-order valence-corrected chi connectivity index (χ0v) is 12.0. The highest BCUT2D eigenvalue weighted by Gasteiger charge is 2.11. The molecular weight excluding hydrogens is 270 g/mol. The summed E-state index contributed by atoms with van der Waals surface area (Å²) in [5.41, 5.74) is 3.40. The predicted octanol–water partition coefficient (Wildman–Crippen LogP) is 3.65. The molecule has 0 saturated heterocycles. The van der Waals surface area contributed by atoms with Crippen molar-refractivity contribution in [3.05, 3.63) is 65.4 Å². The molecule has 3 rings (SSSR count). The molecular formula is C16H16ClN3. The molecule has 0 aliphatic heterocycles. The van der Waals surface area contributed by atoms with Crippen molar-refractivity contribution in [3.8, 4) is 0 Å². The van der Waals surface area contributed by atoms with Crippen molar-refractivity contribution in [1.82, 2.24) is 14.9 Å². The second kappa shape index (κ2) is 5.65. The van der Waals surface area contributed by atoms with Gasteiger partial charge in [0.15, 0.2) is 0 Å². The quantitative estimate of drug-likeness (QED) is 0.793. The largest absolute Gasteiger partial charge is 0.329 e. The molecule has 2 aromatic carbocycles. The fourth-order valence-corrected chi connectivity index (χ4v) is 2.54. The van der Waals surface area contributed by atoms with Gasteiger partial charge in [-0.1, -0.05) is 35.9 Å². The third-order valence-corrected chi connectivity index (χ3v) is 3.78. The molecule has 102 valence electrons. The van der Waals surface area contributed by atoms with E-state index in [4.69, 9.17) is 11.6 Å². The van der Waals surface area contributed by atoms with Gasteiger partial charge in [-0.3, -0.25) is 0 Å². The van der Waals surface area contributed by atoms with Crippen molar-refractivity contribution in [2.24, 2.45) is 0 Å². The fraction of sp³-hybridized carbons (Fsp3) is 0.188. The number of halogens is 1. The van der Waals surface area contributed by atoms with Crippen LogP contribution in [-0.4, -0.2) is 16.6 Å². The number of benzene rings is 2. The van der Waals surface area contributed by atoms with Crippen LogP contribution in [0, 0.1) is 0 Å². The van der Waals surface area contributed by atoms with E-state index in [2.05, 4.69) is 33.1 Å². The first-order chi connectivity index (χ1) is 9.78. The Bertz CT molecular complexity index is 703. The van der Waals surface area contributed by atoms with Crippen LogP contribution in [0.2, 0.25) is 5.02 Å². The molecule has 20 heavy (non-hydrogen) atoms. The highest BCUT2D eigenvalue weighted by molar-refractivity contribution is 6.30. The number of imidazole rings is 1. The Morgan fingerprint density at radius 1 is 1.15 bits per heavy atom. The lowest BCUT2D eigenvalue weighted by Gasteiger charge is -2.18. The molecule has 3 nitrogen and oxygen atoms in total. The van der Waals surface area contributed by atoms with Crippen LogP contribution in [0.3, 0.4) is 0 Å². The van der Waals surface area contributed by atoms with Gasteiger partial charge in [0, 0.05) is 17.6 Å². The molecule has 0 aliphatic carbocycles. The van der Waals surface area contributed by atoms with Gasteiger partial charge < -0.3 is 9.88 Å². The highest BCUT2D eigenvalue weighted by atomic mass is 35.5. The Morgan fingerprint density at radius 3 is 2.65 bits per heavy atom. The number of rotatable bonds is 4. The first-order valence-corrected chi connectivity index (χ1v) is 6.98. The van der Waals surface area contributed by atoms with Crippen LogP contribution in [0.5, 0.6) is 0 Å². The van der Waals surface area contributed by atoms with Gasteiger partial charge in [-0.05, 0) is 36.9 Å². The molecule has 1 N–H and O–H groups in total. The van der Waals surface area contributed by atoms with Crippen LogP contribution in [-0.2, 0) is 6.54 Å². The van der Waals surface area contributed by atoms with Gasteiger partial charge in [-0.2, -0.15) is 0 Å². The maximum absolute atomic E-state index is 5.94. The first kappa shape index (κ1) is 13.2. The third-order valence-electron chi connectivity index (χ3n) is 3.53. The number of likely N-dealkylation sites (N-methyl/N-ethyl adjacent to an activating group) is 1. The highest BCUT2D eigenvalue weighted by Crippen LogP contribution is 2.20. The van der Waals surface area contributed by atoms with Crippen LogP contribution >= 0.6 is 11.6 Å². The number of aromatic nitrogens is 2. The molecule has 1 heterocycles. The molecule has 3 aromatic rings. The second-order valence-corrected chi connectivity index (χ2v) is 5.21. The third kappa shape index (κ3) is 2.55. The smallest absolute Gasteiger partial charge is 0.0958 e. The van der Waals surface area contributed by atoms with Crippen molar-refractivity contribution in [3.63, 3.8) is 0 Å². The van der Waals surface area contributed by atoms with Crippen molar-refractivity contribution in [2.45, 2.75) is 12.6 Å². The summed E-state index contributed by atoms with van der Waals surface area (Å²) in [6.07, 6.45) is 1.89. The van der Waals surface area contributed by atoms with E-state index in [0.29, 0.717) is 0 Å². The summed E-state index contributed by atoms with van der Waals surface area (Å²) in [5, 5.41) is 4.11. The SMILES string of the molecule is CNC(Cn1cnc2ccccc21)c1ccc(Cl)cc1. The van der Waals surface area contributed by atoms with E-state index in [-0.39, 0.29) is 6.04 Å². The first-order valence-electron chi connectivity index (χ1n) is 6.60. The molecule has 0 radical (unpaired) electrons. The van der Waals surface area contributed by atoms with Gasteiger partial charge in [-0.25, -0.2) is 4.98 Å². The van der Waals surface area contributed by atoms with E-state index in [1.54, 1.807) is 0 Å². The van der Waals surface area contributed by atoms with E-state index in [1.165, 1.54) is 5.56 Å². The van der Waals surface area contributed by atoms with Gasteiger partial charge in [0.25, 0.3) is 0 Å². The van der Waals surface area contributed by atoms with Crippen molar-refractivity contribution in [2.75, 3.05) is 7.05 Å². The maximum Gasteiger partial charge on any atom is 0.0958 e. The molecule has 0 fully saturated rings. The van der Waals surface area contributed by atoms with Crippen LogP contribution in [0.15, 0.2) is 54.9 Å². The summed E-state index contributed by atoms with van der Waals surface area (Å²) >= 11 is 5.94. The van der Waals surface area contributed by atoms with E-state index in [9.17, 15) is 0 Å². The number of hydrogen-bond donors (Lipinski definition) is 1. The number of nitrogens with one attached hydrogen (secondary N) is 1. The fourth-order valence-electron chi connectivity index (χ4n) is 2.41. The van der Waals surface area contributed by atoms with Crippen molar-refractivity contribution in [1.29, 1.82) is 0 Å². The lowest BCUT2D eigenvalue weighted by molar-refractivity contribution is 0.508. The maximum atomic E-state index is 5.94. The van der Waals surface area contributed by atoms with E-state index in [0.717, 1.165) is 22.6 Å². The summed E-state index contributed by atoms with van der Waals surface area (Å²) < 4.78 is 2.17. The Labute approximate surface area is 123 Å². The van der Waals surface area contributed by atoms with Gasteiger partial charge in [-0.15, -0.1) is 0 Å². The molecule has 0 spiro atoms. The molecule has 1 atom stereocenters. The standard InChI is InChI=1S/C16H16ClN3/c1-18-15(12-6-8-13(17)9-7-12)10-20-11-19-14-4-2-3-5-16(14)20/h2-9,11,15,18H,10H2,1H3. The normalized spacial score (nSPS) is 12.7. The summed E-state index contributed by atoms with van der Waals surface area (Å²) in [7, 11) is 1.97. The Kier molecular flexibility index (Phi) is 3.72. The minimum atomic E-state index is 0.227. The average Bonchev–Trinajstić information content (AvgIpc) is 2.89. The van der Waals surface area contributed by atoms with Gasteiger partial charge in [0.05, 0.1) is 17.4 Å². The molecule has 4 heteroatoms. The number of hydrogen-bond acceptors (Lipinski definition) is 2. The summed E-state index contributed by atoms with van der Waals surface area (Å²) in [5.74, 6) is 0. The van der Waals surface area contributed by atoms with Crippen LogP contribution in [0.4, 0.5) is 0 Å². The lowest BCUT2D eigenvalue weighted by Crippen LogP contribution is -2.21. The topological polar surface area (TPSA) is 29.9 Å². The molecule has 1 aromatic heterocycles. The molecule has 0 aliphatic rings. The monoisotopic (exact) mass is 285 g/mol. The van der Waals surface area contributed by atoms with Crippen LogP contribution in [0.25, 0.3) is 11.0 Å². The summed E-state index contributed by atoms with van der Waals surface area (Å²) in [4.78, 5) is 4.43. The van der Waals surface area contributed by atoms with Gasteiger partial charge >= 0.3 is 0 Å². The Balaban J connectivity index is 1.89. The average molecular weight is 286 g/mol. The van der Waals surface area contributed by atoms with E-state index >= 15 is 0 Å². The summed E-state index contributed by atoms with van der Waals surface area (Å²) in [6, 6.07) is 16.4. The number of fused-ring (bicyclic) bond motifs is 1. The van der Waals surface area contributed by atoms with Gasteiger partial charge in [0.2, 0.25) is 0 Å². The van der Waals surface area contributed by atoms with Crippen molar-refractivity contribution < 1.29 is 0 Å². The molecule has 0 bridgehead atoms. The van der Waals surface area contributed by atoms with Gasteiger partial charge in [0.1, 0.15) is 0 Å². The minimum Gasteiger partial charge on any atom is -0.329 e. The Morgan fingerprint density at radius 2 is 1.90 bits per heavy atom. The van der Waals surface area contributed by atoms with Crippen LogP contribution in [0.1, 0.15) is 11.6 Å². The molecule has 1 unspecified atom stereocenters. The minimum absolute atomic E-state index is 0.227. The molecule has 0 saturated carbocycles. The van der Waals surface area contributed by atoms with E-state index < -0.39 is 0 Å². The lowest BCUT2D eigenvalue weighted by atomic mass is 10.1. The predicted molar refractivity (Wildman–Crippen MR) is 83.0 cm³/mol. The molecule has 0 amide bonds. The van der Waals surface area contributed by atoms with E-state index in [1.807, 2.05) is 43.7 Å². The number of para-hydroxylation sites is 2. The zero-order chi connectivity index (χ0) is 13.9. The Hall–Kier alpha value is -1.84. The summed E-state index contributed by atoms with van der Waals surface area (Å²) in [6.45, 7) is 0.832. The number of nitrogens with zero attached hydrogens (tertiary/aromatic N) is 2. The van der Waals surface area contributed by atoms with Crippen LogP contribution < -0.4 is 5.32 Å². The van der Waals surface area contributed by atoms with Crippen molar-refractivity contribution >= 4 is 22.6 Å². The zero-order valence-electron chi connectivity index (χ0n) is 11.3. The second-order valence-electron chi connectivity index (χ2n) is 4.78.